The molecular weight excluding hydrogens is 324 g/mol. The average molecular weight is 348 g/mol. The molecule has 3 aromatic rings. The zero-order chi connectivity index (χ0) is 17.8. The van der Waals surface area contributed by atoms with Crippen molar-refractivity contribution in [3.63, 3.8) is 0 Å². The fraction of sp³-hybridized carbons (Fsp3) is 0.333. The van der Waals surface area contributed by atoms with Gasteiger partial charge < -0.3 is 15.2 Å². The van der Waals surface area contributed by atoms with E-state index in [1.165, 1.54) is 12.0 Å². The number of para-hydroxylation sites is 2. The molecule has 0 aliphatic carbocycles. The van der Waals surface area contributed by atoms with Gasteiger partial charge in [0.05, 0.1) is 17.4 Å². The van der Waals surface area contributed by atoms with Gasteiger partial charge in [0.1, 0.15) is 0 Å². The highest BCUT2D eigenvalue weighted by Crippen LogP contribution is 2.17. The summed E-state index contributed by atoms with van der Waals surface area (Å²) in [7, 11) is 0. The molecule has 1 aromatic heterocycles. The maximum atomic E-state index is 12.1. The molecule has 0 saturated carbocycles. The first-order valence-corrected chi connectivity index (χ1v) is 9.27. The van der Waals surface area contributed by atoms with Crippen LogP contribution < -0.4 is 10.6 Å². The fourth-order valence-corrected chi connectivity index (χ4v) is 3.55. The van der Waals surface area contributed by atoms with Crippen LogP contribution >= 0.6 is 0 Å². The molecule has 1 fully saturated rings. The quantitative estimate of drug-likeness (QED) is 0.718. The van der Waals surface area contributed by atoms with Crippen molar-refractivity contribution in [3.05, 3.63) is 60.4 Å². The number of anilines is 1. The first kappa shape index (κ1) is 16.8. The smallest absolute Gasteiger partial charge is 0.224 e. The predicted octanol–water partition coefficient (Wildman–Crippen LogP) is 3.41. The summed E-state index contributed by atoms with van der Waals surface area (Å²) in [6.07, 6.45) is 4.61. The Kier molecular flexibility index (Phi) is 4.97. The highest BCUT2D eigenvalue weighted by molar-refractivity contribution is 5.90. The van der Waals surface area contributed by atoms with Crippen molar-refractivity contribution in [1.29, 1.82) is 0 Å². The van der Waals surface area contributed by atoms with Crippen LogP contribution in [-0.4, -0.2) is 28.5 Å². The Labute approximate surface area is 153 Å². The minimum absolute atomic E-state index is 0.102. The number of rotatable bonds is 6. The Hall–Kier alpha value is -2.66. The summed E-state index contributed by atoms with van der Waals surface area (Å²) in [5, 5.41) is 6.35. The maximum Gasteiger partial charge on any atom is 0.224 e. The number of hydrogen-bond acceptors (Lipinski definition) is 3. The van der Waals surface area contributed by atoms with E-state index in [0.29, 0.717) is 12.3 Å². The van der Waals surface area contributed by atoms with Crippen LogP contribution in [0.15, 0.2) is 54.9 Å². The molecule has 0 bridgehead atoms. The number of fused-ring (bicyclic) bond motifs is 1. The number of nitrogens with zero attached hydrogens (tertiary/aromatic N) is 2. The lowest BCUT2D eigenvalue weighted by Crippen LogP contribution is -2.15. The molecule has 2 N–H and O–H groups in total. The summed E-state index contributed by atoms with van der Waals surface area (Å²) >= 11 is 0. The van der Waals surface area contributed by atoms with Crippen LogP contribution in [0, 0.1) is 5.92 Å². The standard InChI is InChI=1S/C21H24N4O/c26-21(10-7-16-11-12-22-13-16)24-18-8-5-17(6-9-18)14-25-15-23-19-3-1-2-4-20(19)25/h1-6,8-9,15-16,22H,7,10-14H2,(H,24,26). The largest absolute Gasteiger partial charge is 0.326 e. The lowest BCUT2D eigenvalue weighted by atomic mass is 10.0. The number of benzene rings is 2. The molecule has 1 aliphatic rings. The van der Waals surface area contributed by atoms with Crippen molar-refractivity contribution < 1.29 is 4.79 Å². The van der Waals surface area contributed by atoms with Gasteiger partial charge in [-0.2, -0.15) is 0 Å². The van der Waals surface area contributed by atoms with E-state index in [1.807, 2.05) is 36.7 Å². The Balaban J connectivity index is 1.33. The Morgan fingerprint density at radius 1 is 1.19 bits per heavy atom. The maximum absolute atomic E-state index is 12.1. The molecule has 1 aliphatic heterocycles. The minimum atomic E-state index is 0.102. The highest BCUT2D eigenvalue weighted by Gasteiger charge is 2.15. The molecular formula is C21H24N4O. The monoisotopic (exact) mass is 348 g/mol. The van der Waals surface area contributed by atoms with Gasteiger partial charge in [-0.3, -0.25) is 4.79 Å². The Morgan fingerprint density at radius 2 is 2.04 bits per heavy atom. The van der Waals surface area contributed by atoms with E-state index in [-0.39, 0.29) is 5.91 Å². The molecule has 26 heavy (non-hydrogen) atoms. The summed E-state index contributed by atoms with van der Waals surface area (Å²) in [6, 6.07) is 16.2. The van der Waals surface area contributed by atoms with E-state index < -0.39 is 0 Å². The van der Waals surface area contributed by atoms with Gasteiger partial charge in [0, 0.05) is 18.7 Å². The number of aromatic nitrogens is 2. The third kappa shape index (κ3) is 3.94. The third-order valence-corrected chi connectivity index (χ3v) is 5.06. The zero-order valence-corrected chi connectivity index (χ0v) is 14.8. The van der Waals surface area contributed by atoms with Crippen LogP contribution in [0.4, 0.5) is 5.69 Å². The van der Waals surface area contributed by atoms with E-state index in [2.05, 4.69) is 38.4 Å². The molecule has 134 valence electrons. The van der Waals surface area contributed by atoms with Gasteiger partial charge in [-0.25, -0.2) is 4.98 Å². The fourth-order valence-electron chi connectivity index (χ4n) is 3.55. The van der Waals surface area contributed by atoms with Crippen molar-refractivity contribution in [2.75, 3.05) is 18.4 Å². The van der Waals surface area contributed by atoms with Gasteiger partial charge in [0.15, 0.2) is 0 Å². The second kappa shape index (κ2) is 7.70. The van der Waals surface area contributed by atoms with Gasteiger partial charge in [-0.05, 0) is 61.7 Å². The van der Waals surface area contributed by atoms with Crippen LogP contribution in [0.2, 0.25) is 0 Å². The van der Waals surface area contributed by atoms with Crippen molar-refractivity contribution in [1.82, 2.24) is 14.9 Å². The summed E-state index contributed by atoms with van der Waals surface area (Å²) < 4.78 is 2.14. The van der Waals surface area contributed by atoms with Gasteiger partial charge in [-0.15, -0.1) is 0 Å². The molecule has 4 rings (SSSR count). The third-order valence-electron chi connectivity index (χ3n) is 5.06. The predicted molar refractivity (Wildman–Crippen MR) is 104 cm³/mol. The lowest BCUT2D eigenvalue weighted by molar-refractivity contribution is -0.116. The van der Waals surface area contributed by atoms with Crippen molar-refractivity contribution >= 4 is 22.6 Å². The molecule has 1 saturated heterocycles. The van der Waals surface area contributed by atoms with Gasteiger partial charge in [-0.1, -0.05) is 24.3 Å². The Bertz CT molecular complexity index is 878. The lowest BCUT2D eigenvalue weighted by Gasteiger charge is -2.10. The second-order valence-electron chi connectivity index (χ2n) is 7.00. The summed E-state index contributed by atoms with van der Waals surface area (Å²) in [6.45, 7) is 2.90. The summed E-state index contributed by atoms with van der Waals surface area (Å²) in [5.41, 5.74) is 4.18. The number of hydrogen-bond donors (Lipinski definition) is 2. The molecule has 0 spiro atoms. The summed E-state index contributed by atoms with van der Waals surface area (Å²) in [5.74, 6) is 0.749. The van der Waals surface area contributed by atoms with Crippen LogP contribution in [0.5, 0.6) is 0 Å². The number of carbonyl (C=O) groups is 1. The molecule has 1 amide bonds. The minimum Gasteiger partial charge on any atom is -0.326 e. The van der Waals surface area contributed by atoms with Crippen LogP contribution in [0.1, 0.15) is 24.8 Å². The van der Waals surface area contributed by atoms with Crippen molar-refractivity contribution in [3.8, 4) is 0 Å². The number of imidazole rings is 1. The molecule has 1 atom stereocenters. The average Bonchev–Trinajstić information content (AvgIpc) is 3.32. The van der Waals surface area contributed by atoms with Gasteiger partial charge in [0.25, 0.3) is 0 Å². The van der Waals surface area contributed by atoms with E-state index in [0.717, 1.165) is 42.8 Å². The number of carbonyl (C=O) groups excluding carboxylic acids is 1. The highest BCUT2D eigenvalue weighted by atomic mass is 16.1. The number of nitrogens with one attached hydrogen (secondary N) is 2. The van der Waals surface area contributed by atoms with Crippen LogP contribution in [-0.2, 0) is 11.3 Å². The van der Waals surface area contributed by atoms with Crippen LogP contribution in [0.25, 0.3) is 11.0 Å². The van der Waals surface area contributed by atoms with Crippen molar-refractivity contribution in [2.24, 2.45) is 5.92 Å². The van der Waals surface area contributed by atoms with Crippen molar-refractivity contribution in [2.45, 2.75) is 25.8 Å². The normalized spacial score (nSPS) is 16.8. The molecule has 5 heteroatoms. The SMILES string of the molecule is O=C(CCC1CCNC1)Nc1ccc(Cn2cnc3ccccc32)cc1. The molecule has 0 radical (unpaired) electrons. The van der Waals surface area contributed by atoms with Gasteiger partial charge >= 0.3 is 0 Å². The zero-order valence-electron chi connectivity index (χ0n) is 14.8. The summed E-state index contributed by atoms with van der Waals surface area (Å²) in [4.78, 5) is 16.5. The van der Waals surface area contributed by atoms with Gasteiger partial charge in [0.2, 0.25) is 5.91 Å². The van der Waals surface area contributed by atoms with E-state index >= 15 is 0 Å². The molecule has 1 unspecified atom stereocenters. The molecule has 2 heterocycles. The first-order chi connectivity index (χ1) is 12.8. The van der Waals surface area contributed by atoms with Crippen LogP contribution in [0.3, 0.4) is 0 Å². The first-order valence-electron chi connectivity index (χ1n) is 9.27. The topological polar surface area (TPSA) is 59.0 Å². The van der Waals surface area contributed by atoms with E-state index in [4.69, 9.17) is 0 Å². The number of amides is 1. The second-order valence-corrected chi connectivity index (χ2v) is 7.00. The van der Waals surface area contributed by atoms with E-state index in [1.54, 1.807) is 0 Å². The molecule has 5 nitrogen and oxygen atoms in total. The molecule has 2 aromatic carbocycles. The Morgan fingerprint density at radius 3 is 2.85 bits per heavy atom. The van der Waals surface area contributed by atoms with E-state index in [9.17, 15) is 4.79 Å².